The van der Waals surface area contributed by atoms with Crippen LogP contribution in [0.1, 0.15) is 39.7 Å². The van der Waals surface area contributed by atoms with Crippen molar-refractivity contribution in [2.75, 3.05) is 11.9 Å². The van der Waals surface area contributed by atoms with Gasteiger partial charge in [0.2, 0.25) is 0 Å². The predicted octanol–water partition coefficient (Wildman–Crippen LogP) is 6.55. The summed E-state index contributed by atoms with van der Waals surface area (Å²) >= 11 is 6.23. The standard InChI is InChI=1S/C19H18ClN3O.C3H8/c1-3-19(17-6-4-5-7-18(17)20)23-14(2)22-15-8-10-16(11-9-15)24-13-12-21;1-3-2/h3-11H,13H2,1-2H3,(H,22,23);3H2,1-2H3/b19-3-;. The second-order valence-electron chi connectivity index (χ2n) is 5.65. The van der Waals surface area contributed by atoms with Crippen LogP contribution in [-0.2, 0) is 0 Å². The number of rotatable bonds is 5. The molecule has 2 rings (SSSR count). The summed E-state index contributed by atoms with van der Waals surface area (Å²) in [5.41, 5.74) is 2.58. The van der Waals surface area contributed by atoms with E-state index in [0.29, 0.717) is 10.8 Å². The van der Waals surface area contributed by atoms with Crippen LogP contribution in [0.5, 0.6) is 5.75 Å². The highest BCUT2D eigenvalue weighted by Gasteiger charge is 2.05. The zero-order valence-electron chi connectivity index (χ0n) is 16.3. The Labute approximate surface area is 167 Å². The van der Waals surface area contributed by atoms with Gasteiger partial charge < -0.3 is 10.1 Å². The normalized spacial score (nSPS) is 11.1. The molecule has 27 heavy (non-hydrogen) atoms. The van der Waals surface area contributed by atoms with Gasteiger partial charge in [-0.1, -0.05) is 56.1 Å². The Morgan fingerprint density at radius 1 is 1.19 bits per heavy atom. The summed E-state index contributed by atoms with van der Waals surface area (Å²) in [6, 6.07) is 16.9. The Bertz CT molecular complexity index is 805. The van der Waals surface area contributed by atoms with Crippen molar-refractivity contribution >= 4 is 28.8 Å². The van der Waals surface area contributed by atoms with Crippen LogP contribution in [0.25, 0.3) is 5.70 Å². The average molecular weight is 384 g/mol. The summed E-state index contributed by atoms with van der Waals surface area (Å²) in [6.45, 7) is 8.10. The molecule has 0 amide bonds. The largest absolute Gasteiger partial charge is 0.479 e. The Balaban J connectivity index is 0.00000114. The van der Waals surface area contributed by atoms with Gasteiger partial charge in [0.25, 0.3) is 0 Å². The number of nitrogens with one attached hydrogen (secondary N) is 1. The van der Waals surface area contributed by atoms with E-state index in [4.69, 9.17) is 21.6 Å². The smallest absolute Gasteiger partial charge is 0.174 e. The van der Waals surface area contributed by atoms with E-state index in [2.05, 4.69) is 24.2 Å². The molecule has 0 spiro atoms. The van der Waals surface area contributed by atoms with E-state index in [1.807, 2.05) is 62.4 Å². The molecule has 4 nitrogen and oxygen atoms in total. The van der Waals surface area contributed by atoms with Gasteiger partial charge in [-0.25, -0.2) is 4.99 Å². The quantitative estimate of drug-likeness (QED) is 0.470. The molecule has 2 aromatic rings. The van der Waals surface area contributed by atoms with Crippen LogP contribution in [0.3, 0.4) is 0 Å². The number of amidine groups is 1. The molecule has 1 N–H and O–H groups in total. The molecule has 0 unspecified atom stereocenters. The molecule has 0 aliphatic rings. The summed E-state index contributed by atoms with van der Waals surface area (Å²) in [6.07, 6.45) is 3.17. The average Bonchev–Trinajstić information content (AvgIpc) is 2.67. The third-order valence-corrected chi connectivity index (χ3v) is 3.52. The molecule has 0 aromatic heterocycles. The number of ether oxygens (including phenoxy) is 1. The molecule has 0 heterocycles. The lowest BCUT2D eigenvalue weighted by atomic mass is 10.1. The first-order valence-electron chi connectivity index (χ1n) is 8.89. The molecular weight excluding hydrogens is 358 g/mol. The van der Waals surface area contributed by atoms with Crippen molar-refractivity contribution in [1.29, 1.82) is 5.26 Å². The Morgan fingerprint density at radius 2 is 1.81 bits per heavy atom. The minimum absolute atomic E-state index is 0.0375. The number of allylic oxidation sites excluding steroid dienone is 1. The summed E-state index contributed by atoms with van der Waals surface area (Å²) in [7, 11) is 0. The first-order chi connectivity index (χ1) is 13.0. The lowest BCUT2D eigenvalue weighted by Crippen LogP contribution is -2.07. The van der Waals surface area contributed by atoms with Crippen LogP contribution < -0.4 is 10.1 Å². The van der Waals surface area contributed by atoms with E-state index >= 15 is 0 Å². The van der Waals surface area contributed by atoms with Crippen LogP contribution in [0.4, 0.5) is 5.69 Å². The number of aliphatic imine (C=N–C) groups is 1. The maximum absolute atomic E-state index is 8.50. The first-order valence-corrected chi connectivity index (χ1v) is 9.26. The third kappa shape index (κ3) is 7.98. The van der Waals surface area contributed by atoms with Crippen molar-refractivity contribution in [3.8, 4) is 11.8 Å². The highest BCUT2D eigenvalue weighted by atomic mass is 35.5. The Morgan fingerprint density at radius 3 is 2.37 bits per heavy atom. The molecule has 2 aromatic carbocycles. The van der Waals surface area contributed by atoms with E-state index in [1.54, 1.807) is 12.1 Å². The van der Waals surface area contributed by atoms with E-state index in [1.165, 1.54) is 6.42 Å². The van der Waals surface area contributed by atoms with Gasteiger partial charge in [0.15, 0.2) is 6.61 Å². The lowest BCUT2D eigenvalue weighted by molar-refractivity contribution is 0.368. The highest BCUT2D eigenvalue weighted by molar-refractivity contribution is 6.32. The van der Waals surface area contributed by atoms with E-state index in [0.717, 1.165) is 22.8 Å². The summed E-state index contributed by atoms with van der Waals surface area (Å²) in [5, 5.41) is 12.4. The molecule has 0 saturated carbocycles. The number of halogens is 1. The molecule has 0 bridgehead atoms. The second kappa shape index (κ2) is 12.6. The summed E-state index contributed by atoms with van der Waals surface area (Å²) in [4.78, 5) is 4.60. The van der Waals surface area contributed by atoms with Gasteiger partial charge in [-0.15, -0.1) is 0 Å². The van der Waals surface area contributed by atoms with Gasteiger partial charge in [0.1, 0.15) is 17.7 Å². The molecule has 0 radical (unpaired) electrons. The number of hydrogen-bond donors (Lipinski definition) is 1. The lowest BCUT2D eigenvalue weighted by Gasteiger charge is -2.09. The monoisotopic (exact) mass is 383 g/mol. The molecule has 0 saturated heterocycles. The number of benzene rings is 2. The summed E-state index contributed by atoms with van der Waals surface area (Å²) < 4.78 is 5.23. The molecule has 0 fully saturated rings. The molecule has 0 atom stereocenters. The Hall–Kier alpha value is -2.77. The number of nitriles is 1. The topological polar surface area (TPSA) is 57.4 Å². The van der Waals surface area contributed by atoms with Crippen LogP contribution in [0.15, 0.2) is 59.6 Å². The Kier molecular flexibility index (Phi) is 10.4. The minimum atomic E-state index is 0.0375. The van der Waals surface area contributed by atoms with Crippen molar-refractivity contribution in [2.45, 2.75) is 34.1 Å². The van der Waals surface area contributed by atoms with Crippen LogP contribution in [0, 0.1) is 11.3 Å². The minimum Gasteiger partial charge on any atom is -0.479 e. The molecule has 142 valence electrons. The second-order valence-corrected chi connectivity index (χ2v) is 6.06. The van der Waals surface area contributed by atoms with Gasteiger partial charge in [0.05, 0.1) is 5.70 Å². The van der Waals surface area contributed by atoms with Gasteiger partial charge in [-0.2, -0.15) is 5.26 Å². The predicted molar refractivity (Wildman–Crippen MR) is 115 cm³/mol. The SMILES string of the molecule is C/C=C(\N=C(C)Nc1ccc(OCC#N)cc1)c1ccccc1Cl.CCC. The summed E-state index contributed by atoms with van der Waals surface area (Å²) in [5.74, 6) is 1.40. The van der Waals surface area contributed by atoms with Gasteiger partial charge >= 0.3 is 0 Å². The molecular formula is C22H26ClN3O. The van der Waals surface area contributed by atoms with Gasteiger partial charge in [-0.3, -0.25) is 0 Å². The van der Waals surface area contributed by atoms with Crippen molar-refractivity contribution in [2.24, 2.45) is 4.99 Å². The van der Waals surface area contributed by atoms with Crippen molar-refractivity contribution in [1.82, 2.24) is 0 Å². The van der Waals surface area contributed by atoms with E-state index in [9.17, 15) is 0 Å². The fraction of sp³-hybridized carbons (Fsp3) is 0.273. The highest BCUT2D eigenvalue weighted by Crippen LogP contribution is 2.25. The maximum Gasteiger partial charge on any atom is 0.174 e. The maximum atomic E-state index is 8.50. The zero-order chi connectivity index (χ0) is 20.1. The zero-order valence-corrected chi connectivity index (χ0v) is 17.0. The van der Waals surface area contributed by atoms with Crippen molar-refractivity contribution < 1.29 is 4.74 Å². The van der Waals surface area contributed by atoms with Gasteiger partial charge in [0, 0.05) is 16.3 Å². The molecule has 0 aliphatic heterocycles. The van der Waals surface area contributed by atoms with E-state index < -0.39 is 0 Å². The third-order valence-electron chi connectivity index (χ3n) is 3.19. The molecule has 0 aliphatic carbocycles. The fourth-order valence-corrected chi connectivity index (χ4v) is 2.35. The number of nitrogens with zero attached hydrogens (tertiary/aromatic N) is 2. The molecule has 5 heteroatoms. The van der Waals surface area contributed by atoms with E-state index in [-0.39, 0.29) is 6.61 Å². The number of anilines is 1. The van der Waals surface area contributed by atoms with Gasteiger partial charge in [-0.05, 0) is 44.2 Å². The van der Waals surface area contributed by atoms with Crippen LogP contribution in [0.2, 0.25) is 5.02 Å². The van der Waals surface area contributed by atoms with Crippen LogP contribution in [-0.4, -0.2) is 12.4 Å². The van der Waals surface area contributed by atoms with Crippen molar-refractivity contribution in [3.05, 3.63) is 65.2 Å². The first kappa shape index (κ1) is 22.3. The fourth-order valence-electron chi connectivity index (χ4n) is 2.12. The van der Waals surface area contributed by atoms with Crippen molar-refractivity contribution in [3.63, 3.8) is 0 Å². The van der Waals surface area contributed by atoms with Crippen LogP contribution >= 0.6 is 11.6 Å². The number of hydrogen-bond acceptors (Lipinski definition) is 3.